The standard InChI is InChI=1S/C35H40BrN5O6/c1-3-5-6-12-18-46-34(45)28-29-32(43)41(24(21-42)19-23-13-8-7-9-14-23)31(35(29)20-25(36)30(28)47-35)33(44)39(17-4-2)22-40-27-16-11-10-15-26(27)37-38-40/h3-4,7-11,13-16,24-25,28-31,42H,1-2,5-6,12,17-22H2/t24-,25?,28-,29+,30-,31?,35?/m1/s1. The number of hydrogen-bond donors (Lipinski definition) is 1. The molecule has 11 nitrogen and oxygen atoms in total. The number of halogens is 1. The first-order valence-electron chi connectivity index (χ1n) is 16.1. The van der Waals surface area contributed by atoms with Gasteiger partial charge in [0.15, 0.2) is 0 Å². The zero-order valence-electron chi connectivity index (χ0n) is 26.2. The summed E-state index contributed by atoms with van der Waals surface area (Å²) in [5.41, 5.74) is 1.02. The molecule has 47 heavy (non-hydrogen) atoms. The lowest BCUT2D eigenvalue weighted by molar-refractivity contribution is -0.156. The Morgan fingerprint density at radius 1 is 1.15 bits per heavy atom. The number of aromatic nitrogens is 3. The Balaban J connectivity index is 1.37. The van der Waals surface area contributed by atoms with Crippen LogP contribution in [-0.4, -0.2) is 96.1 Å². The van der Waals surface area contributed by atoms with Crippen LogP contribution in [0.3, 0.4) is 0 Å². The van der Waals surface area contributed by atoms with Crippen LogP contribution in [0.2, 0.25) is 0 Å². The lowest BCUT2D eigenvalue weighted by atomic mass is 9.70. The molecule has 248 valence electrons. The quantitative estimate of drug-likeness (QED) is 0.110. The fourth-order valence-electron chi connectivity index (χ4n) is 7.54. The maximum atomic E-state index is 14.9. The molecule has 1 spiro atoms. The van der Waals surface area contributed by atoms with Gasteiger partial charge in [-0.2, -0.15) is 0 Å². The number of alkyl halides is 1. The Labute approximate surface area is 282 Å². The number of rotatable bonds is 15. The number of hydrogen-bond acceptors (Lipinski definition) is 8. The lowest BCUT2D eigenvalue weighted by Gasteiger charge is -2.39. The third-order valence-electron chi connectivity index (χ3n) is 9.58. The number of aliphatic hydroxyl groups is 1. The number of likely N-dealkylation sites (tertiary alicyclic amines) is 1. The zero-order chi connectivity index (χ0) is 33.1. The van der Waals surface area contributed by atoms with Gasteiger partial charge in [0.05, 0.1) is 42.7 Å². The van der Waals surface area contributed by atoms with Crippen molar-refractivity contribution in [1.29, 1.82) is 0 Å². The van der Waals surface area contributed by atoms with Gasteiger partial charge < -0.3 is 24.4 Å². The molecule has 1 N–H and O–H groups in total. The number of esters is 1. The molecule has 4 heterocycles. The number of allylic oxidation sites excluding steroid dienone is 1. The monoisotopic (exact) mass is 705 g/mol. The number of nitrogens with zero attached hydrogens (tertiary/aromatic N) is 5. The van der Waals surface area contributed by atoms with Gasteiger partial charge in [0, 0.05) is 11.4 Å². The summed E-state index contributed by atoms with van der Waals surface area (Å²) in [6.07, 6.45) is 5.76. The van der Waals surface area contributed by atoms with Gasteiger partial charge in [0.25, 0.3) is 0 Å². The molecule has 3 saturated heterocycles. The van der Waals surface area contributed by atoms with Crippen molar-refractivity contribution in [3.63, 3.8) is 0 Å². The largest absolute Gasteiger partial charge is 0.465 e. The van der Waals surface area contributed by atoms with E-state index >= 15 is 0 Å². The summed E-state index contributed by atoms with van der Waals surface area (Å²) in [6.45, 7) is 7.65. The van der Waals surface area contributed by atoms with E-state index in [-0.39, 0.29) is 37.2 Å². The molecule has 3 aliphatic heterocycles. The predicted octanol–water partition coefficient (Wildman–Crippen LogP) is 3.65. The number of amides is 2. The maximum Gasteiger partial charge on any atom is 0.312 e. The summed E-state index contributed by atoms with van der Waals surface area (Å²) in [7, 11) is 0. The highest BCUT2D eigenvalue weighted by atomic mass is 79.9. The molecule has 0 aliphatic carbocycles. The Morgan fingerprint density at radius 3 is 2.66 bits per heavy atom. The van der Waals surface area contributed by atoms with Gasteiger partial charge in [-0.15, -0.1) is 18.3 Å². The van der Waals surface area contributed by atoms with Crippen LogP contribution >= 0.6 is 15.9 Å². The van der Waals surface area contributed by atoms with Crippen molar-refractivity contribution >= 4 is 44.7 Å². The highest BCUT2D eigenvalue weighted by Gasteiger charge is 2.77. The van der Waals surface area contributed by atoms with E-state index in [1.807, 2.05) is 60.7 Å². The topological polar surface area (TPSA) is 127 Å². The van der Waals surface area contributed by atoms with Crippen LogP contribution < -0.4 is 0 Å². The molecule has 1 aromatic heterocycles. The van der Waals surface area contributed by atoms with E-state index in [4.69, 9.17) is 9.47 Å². The second-order valence-corrected chi connectivity index (χ2v) is 13.6. The van der Waals surface area contributed by atoms with Gasteiger partial charge in [-0.3, -0.25) is 14.4 Å². The number of aliphatic hydroxyl groups excluding tert-OH is 1. The number of benzene rings is 2. The lowest BCUT2D eigenvalue weighted by Crippen LogP contribution is -2.59. The highest BCUT2D eigenvalue weighted by Crippen LogP contribution is 2.60. The van der Waals surface area contributed by atoms with Crippen molar-refractivity contribution in [3.05, 3.63) is 85.5 Å². The molecule has 3 unspecified atom stereocenters. The molecule has 3 aliphatic rings. The summed E-state index contributed by atoms with van der Waals surface area (Å²) >= 11 is 3.72. The van der Waals surface area contributed by atoms with E-state index in [2.05, 4.69) is 39.4 Å². The Bertz CT molecular complexity index is 1630. The maximum absolute atomic E-state index is 14.9. The van der Waals surface area contributed by atoms with Gasteiger partial charge in [-0.25, -0.2) is 4.68 Å². The summed E-state index contributed by atoms with van der Waals surface area (Å²) < 4.78 is 14.0. The second kappa shape index (κ2) is 14.1. The Kier molecular flexibility index (Phi) is 9.90. The van der Waals surface area contributed by atoms with E-state index in [9.17, 15) is 19.5 Å². The normalized spacial score (nSPS) is 26.7. The highest BCUT2D eigenvalue weighted by molar-refractivity contribution is 9.09. The van der Waals surface area contributed by atoms with E-state index in [1.54, 1.807) is 15.7 Å². The fraction of sp³-hybridized carbons (Fsp3) is 0.457. The van der Waals surface area contributed by atoms with Gasteiger partial charge in [-0.1, -0.05) is 75.8 Å². The zero-order valence-corrected chi connectivity index (χ0v) is 27.8. The molecule has 3 fully saturated rings. The molecular weight excluding hydrogens is 666 g/mol. The first kappa shape index (κ1) is 33.0. The number of carbonyl (C=O) groups is 3. The smallest absolute Gasteiger partial charge is 0.312 e. The Hall–Kier alpha value is -3.87. The van der Waals surface area contributed by atoms with Crippen LogP contribution in [-0.2, 0) is 36.9 Å². The summed E-state index contributed by atoms with van der Waals surface area (Å²) in [5, 5.41) is 19.3. The summed E-state index contributed by atoms with van der Waals surface area (Å²) in [5.74, 6) is -3.13. The minimum atomic E-state index is -1.31. The molecule has 0 radical (unpaired) electrons. The van der Waals surface area contributed by atoms with E-state index < -0.39 is 47.5 Å². The molecule has 2 bridgehead atoms. The number of unbranched alkanes of at least 4 members (excludes halogenated alkanes) is 2. The minimum Gasteiger partial charge on any atom is -0.465 e. The minimum absolute atomic E-state index is 0.0461. The van der Waals surface area contributed by atoms with Gasteiger partial charge in [-0.05, 0) is 49.8 Å². The van der Waals surface area contributed by atoms with Crippen LogP contribution in [0.4, 0.5) is 0 Å². The Morgan fingerprint density at radius 2 is 1.91 bits per heavy atom. The molecule has 3 aromatic rings. The van der Waals surface area contributed by atoms with E-state index in [0.29, 0.717) is 24.8 Å². The van der Waals surface area contributed by atoms with Crippen LogP contribution in [0.5, 0.6) is 0 Å². The van der Waals surface area contributed by atoms with Crippen LogP contribution in [0.15, 0.2) is 79.9 Å². The molecule has 6 rings (SSSR count). The second-order valence-electron chi connectivity index (χ2n) is 12.5. The van der Waals surface area contributed by atoms with Crippen molar-refractivity contribution in [2.75, 3.05) is 19.8 Å². The van der Waals surface area contributed by atoms with Crippen molar-refractivity contribution in [2.45, 2.75) is 67.4 Å². The molecule has 7 atom stereocenters. The SMILES string of the molecule is C=CCCCCOC(=O)[C@H]1[C@@H]2OC3(CC2Br)C(C(=O)N(CC=C)Cn2nnc4ccccc42)N([C@@H](CO)Cc2ccccc2)C(=O)[C@H]13. The van der Waals surface area contributed by atoms with Crippen LogP contribution in [0, 0.1) is 11.8 Å². The number of carbonyl (C=O) groups excluding carboxylic acids is 3. The fourth-order valence-corrected chi connectivity index (χ4v) is 8.48. The van der Waals surface area contributed by atoms with Crippen LogP contribution in [0.25, 0.3) is 11.0 Å². The molecule has 12 heteroatoms. The summed E-state index contributed by atoms with van der Waals surface area (Å²) in [4.78, 5) is 46.1. The number of ether oxygens (including phenoxy) is 2. The van der Waals surface area contributed by atoms with Crippen molar-refractivity contribution < 1.29 is 29.0 Å². The molecular formula is C35H40BrN5O6. The van der Waals surface area contributed by atoms with Gasteiger partial charge in [0.2, 0.25) is 11.8 Å². The first-order valence-corrected chi connectivity index (χ1v) is 17.0. The molecule has 2 amide bonds. The van der Waals surface area contributed by atoms with E-state index in [0.717, 1.165) is 23.9 Å². The van der Waals surface area contributed by atoms with Crippen molar-refractivity contribution in [2.24, 2.45) is 11.8 Å². The average Bonchev–Trinajstić information content (AvgIpc) is 3.80. The predicted molar refractivity (Wildman–Crippen MR) is 178 cm³/mol. The van der Waals surface area contributed by atoms with E-state index in [1.165, 1.54) is 4.90 Å². The molecule has 0 saturated carbocycles. The van der Waals surface area contributed by atoms with Crippen molar-refractivity contribution in [3.8, 4) is 0 Å². The van der Waals surface area contributed by atoms with Gasteiger partial charge in [0.1, 0.15) is 23.8 Å². The van der Waals surface area contributed by atoms with Crippen LogP contribution in [0.1, 0.15) is 31.2 Å². The third-order valence-corrected chi connectivity index (χ3v) is 10.4. The van der Waals surface area contributed by atoms with Crippen molar-refractivity contribution in [1.82, 2.24) is 24.8 Å². The number of para-hydroxylation sites is 1. The first-order chi connectivity index (χ1) is 22.8. The molecule has 2 aromatic carbocycles. The number of fused-ring (bicyclic) bond motifs is 2. The average molecular weight is 707 g/mol. The summed E-state index contributed by atoms with van der Waals surface area (Å²) in [6, 6.07) is 15.1. The third kappa shape index (κ3) is 6.02. The van der Waals surface area contributed by atoms with Gasteiger partial charge >= 0.3 is 5.97 Å².